The molecule has 16 heavy (non-hydrogen) atoms. The summed E-state index contributed by atoms with van der Waals surface area (Å²) in [5, 5.41) is 4.31. The Bertz CT molecular complexity index is 629. The highest BCUT2D eigenvalue weighted by Gasteiger charge is 2.06. The molecule has 0 amide bonds. The lowest BCUT2D eigenvalue weighted by atomic mass is 10.3. The molecule has 3 heterocycles. The second-order valence-electron chi connectivity index (χ2n) is 3.41. The highest BCUT2D eigenvalue weighted by Crippen LogP contribution is 2.14. The molecule has 5 heteroatoms. The summed E-state index contributed by atoms with van der Waals surface area (Å²) in [6, 6.07) is 9.20. The van der Waals surface area contributed by atoms with E-state index in [1.165, 1.54) is 0 Å². The topological polar surface area (TPSA) is 69.1 Å². The van der Waals surface area contributed by atoms with E-state index >= 15 is 0 Å². The molecule has 0 spiro atoms. The van der Waals surface area contributed by atoms with Crippen molar-refractivity contribution in [2.24, 2.45) is 0 Å². The van der Waals surface area contributed by atoms with E-state index in [4.69, 9.17) is 5.73 Å². The Balaban J connectivity index is 2.19. The molecule has 0 aliphatic carbocycles. The summed E-state index contributed by atoms with van der Waals surface area (Å²) in [5.41, 5.74) is 7.83. The first kappa shape index (κ1) is 8.84. The van der Waals surface area contributed by atoms with Crippen molar-refractivity contribution in [1.29, 1.82) is 0 Å². The van der Waals surface area contributed by atoms with Crippen LogP contribution < -0.4 is 5.73 Å². The van der Waals surface area contributed by atoms with Crippen LogP contribution in [-0.4, -0.2) is 19.6 Å². The Morgan fingerprint density at radius 2 is 2.12 bits per heavy atom. The van der Waals surface area contributed by atoms with Gasteiger partial charge in [-0.1, -0.05) is 6.07 Å². The zero-order valence-corrected chi connectivity index (χ0v) is 8.41. The lowest BCUT2D eigenvalue weighted by Crippen LogP contribution is -1.90. The fourth-order valence-electron chi connectivity index (χ4n) is 1.50. The number of hydrogen-bond donors (Lipinski definition) is 1. The molecule has 0 saturated heterocycles. The zero-order valence-electron chi connectivity index (χ0n) is 8.41. The second-order valence-corrected chi connectivity index (χ2v) is 3.41. The van der Waals surface area contributed by atoms with E-state index in [-0.39, 0.29) is 0 Å². The molecule has 3 aromatic heterocycles. The SMILES string of the molecule is Nc1ccn2nc(-c3ccccn3)nc2c1. The van der Waals surface area contributed by atoms with Gasteiger partial charge < -0.3 is 5.73 Å². The van der Waals surface area contributed by atoms with Gasteiger partial charge in [-0.3, -0.25) is 4.98 Å². The lowest BCUT2D eigenvalue weighted by Gasteiger charge is -1.91. The monoisotopic (exact) mass is 211 g/mol. The van der Waals surface area contributed by atoms with Gasteiger partial charge >= 0.3 is 0 Å². The van der Waals surface area contributed by atoms with E-state index in [2.05, 4.69) is 15.1 Å². The quantitative estimate of drug-likeness (QED) is 0.660. The standard InChI is InChI=1S/C11H9N5/c12-8-4-6-16-10(7-8)14-11(15-16)9-3-1-2-5-13-9/h1-7H,12H2. The van der Waals surface area contributed by atoms with Gasteiger partial charge in [0.1, 0.15) is 5.69 Å². The summed E-state index contributed by atoms with van der Waals surface area (Å²) in [4.78, 5) is 8.55. The van der Waals surface area contributed by atoms with Crippen molar-refractivity contribution in [3.8, 4) is 11.5 Å². The third-order valence-electron chi connectivity index (χ3n) is 2.26. The van der Waals surface area contributed by atoms with Gasteiger partial charge in [0.15, 0.2) is 5.65 Å². The Hall–Kier alpha value is -2.43. The minimum atomic E-state index is 0.603. The van der Waals surface area contributed by atoms with Gasteiger partial charge in [-0.15, -0.1) is 5.10 Å². The number of fused-ring (bicyclic) bond motifs is 1. The number of nitrogen functional groups attached to an aromatic ring is 1. The molecular formula is C11H9N5. The van der Waals surface area contributed by atoms with Crippen LogP contribution in [0.3, 0.4) is 0 Å². The third kappa shape index (κ3) is 1.38. The number of hydrogen-bond acceptors (Lipinski definition) is 4. The molecule has 5 nitrogen and oxygen atoms in total. The van der Waals surface area contributed by atoms with Crippen LogP contribution in [0.15, 0.2) is 42.7 Å². The molecule has 0 fully saturated rings. The first-order valence-electron chi connectivity index (χ1n) is 4.86. The molecule has 0 bridgehead atoms. The van der Waals surface area contributed by atoms with Crippen molar-refractivity contribution < 1.29 is 0 Å². The molecule has 0 aliphatic rings. The number of nitrogens with zero attached hydrogens (tertiary/aromatic N) is 4. The fourth-order valence-corrected chi connectivity index (χ4v) is 1.50. The highest BCUT2D eigenvalue weighted by atomic mass is 15.3. The number of rotatable bonds is 1. The third-order valence-corrected chi connectivity index (χ3v) is 2.26. The maximum Gasteiger partial charge on any atom is 0.200 e. The van der Waals surface area contributed by atoms with Crippen LogP contribution in [0.5, 0.6) is 0 Å². The van der Waals surface area contributed by atoms with E-state index in [0.29, 0.717) is 11.5 Å². The molecule has 78 valence electrons. The van der Waals surface area contributed by atoms with Gasteiger partial charge in [-0.2, -0.15) is 0 Å². The van der Waals surface area contributed by atoms with Crippen molar-refractivity contribution in [2.75, 3.05) is 5.73 Å². The van der Waals surface area contributed by atoms with Gasteiger partial charge in [0.05, 0.1) is 0 Å². The molecule has 0 aromatic carbocycles. The minimum absolute atomic E-state index is 0.603. The van der Waals surface area contributed by atoms with Crippen molar-refractivity contribution in [3.05, 3.63) is 42.7 Å². The molecule has 0 saturated carbocycles. The molecule has 0 atom stereocenters. The van der Waals surface area contributed by atoms with Crippen molar-refractivity contribution in [3.63, 3.8) is 0 Å². The maximum atomic E-state index is 5.68. The van der Waals surface area contributed by atoms with Gasteiger partial charge in [0.25, 0.3) is 0 Å². The molecular weight excluding hydrogens is 202 g/mol. The first-order valence-corrected chi connectivity index (χ1v) is 4.86. The average molecular weight is 211 g/mol. The smallest absolute Gasteiger partial charge is 0.200 e. The second kappa shape index (κ2) is 3.30. The average Bonchev–Trinajstić information content (AvgIpc) is 2.73. The predicted octanol–water partition coefficient (Wildman–Crippen LogP) is 1.37. The first-order chi connectivity index (χ1) is 7.83. The van der Waals surface area contributed by atoms with Gasteiger partial charge in [0.2, 0.25) is 5.82 Å². The molecule has 2 N–H and O–H groups in total. The normalized spacial score (nSPS) is 10.8. The molecule has 3 rings (SSSR count). The van der Waals surface area contributed by atoms with Crippen LogP contribution in [0.25, 0.3) is 17.2 Å². The van der Waals surface area contributed by atoms with Gasteiger partial charge in [-0.05, 0) is 18.2 Å². The van der Waals surface area contributed by atoms with Gasteiger partial charge in [0, 0.05) is 24.1 Å². The van der Waals surface area contributed by atoms with E-state index in [1.807, 2.05) is 18.2 Å². The molecule has 0 unspecified atom stereocenters. The Morgan fingerprint density at radius 1 is 1.19 bits per heavy atom. The largest absolute Gasteiger partial charge is 0.399 e. The van der Waals surface area contributed by atoms with Crippen molar-refractivity contribution >= 4 is 11.3 Å². The summed E-state index contributed by atoms with van der Waals surface area (Å²) in [7, 11) is 0. The van der Waals surface area contributed by atoms with Crippen molar-refractivity contribution in [2.45, 2.75) is 0 Å². The van der Waals surface area contributed by atoms with Crippen LogP contribution >= 0.6 is 0 Å². The summed E-state index contributed by atoms with van der Waals surface area (Å²) < 4.78 is 1.68. The van der Waals surface area contributed by atoms with E-state index in [1.54, 1.807) is 29.0 Å². The number of aromatic nitrogens is 4. The fraction of sp³-hybridized carbons (Fsp3) is 0. The molecule has 3 aromatic rings. The summed E-state index contributed by atoms with van der Waals surface area (Å²) in [6.45, 7) is 0. The molecule has 0 radical (unpaired) electrons. The Kier molecular flexibility index (Phi) is 1.83. The van der Waals surface area contributed by atoms with Crippen LogP contribution in [0.2, 0.25) is 0 Å². The number of pyridine rings is 2. The number of anilines is 1. The van der Waals surface area contributed by atoms with E-state index in [0.717, 1.165) is 11.3 Å². The summed E-state index contributed by atoms with van der Waals surface area (Å²) in [6.07, 6.45) is 3.50. The number of nitrogens with two attached hydrogens (primary N) is 1. The summed E-state index contributed by atoms with van der Waals surface area (Å²) in [5.74, 6) is 0.603. The van der Waals surface area contributed by atoms with Crippen LogP contribution in [0.4, 0.5) is 5.69 Å². The van der Waals surface area contributed by atoms with Crippen LogP contribution in [0.1, 0.15) is 0 Å². The maximum absolute atomic E-state index is 5.68. The lowest BCUT2D eigenvalue weighted by molar-refractivity contribution is 0.963. The van der Waals surface area contributed by atoms with Crippen LogP contribution in [-0.2, 0) is 0 Å². The highest BCUT2D eigenvalue weighted by molar-refractivity contribution is 5.57. The van der Waals surface area contributed by atoms with Gasteiger partial charge in [-0.25, -0.2) is 9.50 Å². The minimum Gasteiger partial charge on any atom is -0.399 e. The Morgan fingerprint density at radius 3 is 2.94 bits per heavy atom. The predicted molar refractivity (Wildman–Crippen MR) is 60.6 cm³/mol. The van der Waals surface area contributed by atoms with Crippen LogP contribution in [0, 0.1) is 0 Å². The van der Waals surface area contributed by atoms with E-state index < -0.39 is 0 Å². The molecule has 0 aliphatic heterocycles. The summed E-state index contributed by atoms with van der Waals surface area (Å²) >= 11 is 0. The van der Waals surface area contributed by atoms with Crippen molar-refractivity contribution in [1.82, 2.24) is 19.6 Å². The van der Waals surface area contributed by atoms with E-state index in [9.17, 15) is 0 Å². The Labute approximate surface area is 91.6 Å². The zero-order chi connectivity index (χ0) is 11.0.